The highest BCUT2D eigenvalue weighted by Crippen LogP contribution is 2.25. The number of hydrogen-bond donors (Lipinski definition) is 1. The maximum Gasteiger partial charge on any atom is 0.263 e. The van der Waals surface area contributed by atoms with Crippen LogP contribution in [0.3, 0.4) is 0 Å². The molecule has 0 spiro atoms. The molecule has 1 N–H and O–H groups in total. The minimum absolute atomic E-state index is 0.0428. The second-order valence-corrected chi connectivity index (χ2v) is 7.34. The molecule has 2 aromatic rings. The fourth-order valence-electron chi connectivity index (χ4n) is 1.55. The van der Waals surface area contributed by atoms with E-state index >= 15 is 0 Å². The molecule has 0 saturated carbocycles. The van der Waals surface area contributed by atoms with Crippen molar-refractivity contribution in [3.05, 3.63) is 39.9 Å². The van der Waals surface area contributed by atoms with Gasteiger partial charge in [0.15, 0.2) is 5.13 Å². The smallest absolute Gasteiger partial charge is 0.263 e. The number of nitrogens with one attached hydrogen (secondary N) is 1. The van der Waals surface area contributed by atoms with Gasteiger partial charge in [-0.05, 0) is 31.2 Å². The number of aliphatic carboxylic acids is 1. The molecule has 0 saturated heterocycles. The Kier molecular flexibility index (Phi) is 4.50. The number of carbonyl (C=O) groups is 1. The average Bonchev–Trinajstić information content (AvgIpc) is 2.68. The van der Waals surface area contributed by atoms with Crippen molar-refractivity contribution in [1.29, 1.82) is 0 Å². The third kappa shape index (κ3) is 3.93. The molecule has 0 aliphatic carbocycles. The van der Waals surface area contributed by atoms with Gasteiger partial charge in [0.2, 0.25) is 0 Å². The van der Waals surface area contributed by atoms with E-state index in [9.17, 15) is 18.3 Å². The summed E-state index contributed by atoms with van der Waals surface area (Å²) in [6.07, 6.45) is -0.299. The zero-order valence-corrected chi connectivity index (χ0v) is 13.2. The summed E-state index contributed by atoms with van der Waals surface area (Å²) in [7, 11) is -3.79. The highest BCUT2D eigenvalue weighted by Gasteiger charge is 2.17. The number of carboxylic acid groups (broad SMARTS) is 1. The van der Waals surface area contributed by atoms with Crippen LogP contribution in [-0.2, 0) is 21.2 Å². The van der Waals surface area contributed by atoms with Gasteiger partial charge < -0.3 is 9.90 Å². The molecule has 0 unspecified atom stereocenters. The standard InChI is InChI=1S/C12H11ClN2O4S2/c1-7-10(6-11(16)17)20-12(14-7)15-21(18,19)9-4-2-8(13)3-5-9/h2-5H,6H2,1H3,(H,14,15)(H,16,17)/p-1. The quantitative estimate of drug-likeness (QED) is 0.877. The normalized spacial score (nSPS) is 11.3. The number of anilines is 1. The Morgan fingerprint density at radius 2 is 2.00 bits per heavy atom. The van der Waals surface area contributed by atoms with Gasteiger partial charge in [-0.3, -0.25) is 4.72 Å². The number of nitrogens with zero attached hydrogens (tertiary/aromatic N) is 1. The number of benzene rings is 1. The first-order valence-electron chi connectivity index (χ1n) is 5.72. The van der Waals surface area contributed by atoms with E-state index in [-0.39, 0.29) is 16.4 Å². The van der Waals surface area contributed by atoms with Crippen molar-refractivity contribution in [1.82, 2.24) is 4.98 Å². The lowest BCUT2D eigenvalue weighted by atomic mass is 10.3. The van der Waals surface area contributed by atoms with Crippen LogP contribution in [0.2, 0.25) is 5.02 Å². The molecule has 21 heavy (non-hydrogen) atoms. The Labute approximate surface area is 130 Å². The summed E-state index contributed by atoms with van der Waals surface area (Å²) in [6, 6.07) is 5.66. The van der Waals surface area contributed by atoms with Crippen molar-refractivity contribution in [3.63, 3.8) is 0 Å². The summed E-state index contributed by atoms with van der Waals surface area (Å²) in [5.41, 5.74) is 0.456. The highest BCUT2D eigenvalue weighted by atomic mass is 35.5. The summed E-state index contributed by atoms with van der Waals surface area (Å²) in [6.45, 7) is 1.61. The van der Waals surface area contributed by atoms with Crippen LogP contribution < -0.4 is 9.83 Å². The number of carboxylic acids is 1. The van der Waals surface area contributed by atoms with Crippen LogP contribution in [0.25, 0.3) is 0 Å². The zero-order valence-electron chi connectivity index (χ0n) is 10.8. The van der Waals surface area contributed by atoms with Crippen LogP contribution in [-0.4, -0.2) is 19.4 Å². The topological polar surface area (TPSA) is 99.2 Å². The maximum atomic E-state index is 12.1. The number of rotatable bonds is 5. The maximum absolute atomic E-state index is 12.1. The summed E-state index contributed by atoms with van der Waals surface area (Å²) in [4.78, 5) is 15.1. The Morgan fingerprint density at radius 3 is 2.57 bits per heavy atom. The van der Waals surface area contributed by atoms with Crippen LogP contribution >= 0.6 is 22.9 Å². The number of aryl methyl sites for hydroxylation is 1. The minimum atomic E-state index is -3.79. The Balaban J connectivity index is 2.24. The molecule has 0 bridgehead atoms. The van der Waals surface area contributed by atoms with E-state index in [4.69, 9.17) is 11.6 Å². The third-order valence-corrected chi connectivity index (χ3v) is 5.35. The molecule has 0 fully saturated rings. The fraction of sp³-hybridized carbons (Fsp3) is 0.167. The molecular weight excluding hydrogens is 336 g/mol. The number of aromatic nitrogens is 1. The van der Waals surface area contributed by atoms with E-state index < -0.39 is 16.0 Å². The highest BCUT2D eigenvalue weighted by molar-refractivity contribution is 7.93. The Bertz CT molecular complexity index is 769. The van der Waals surface area contributed by atoms with Gasteiger partial charge in [0, 0.05) is 22.3 Å². The van der Waals surface area contributed by atoms with E-state index in [2.05, 4.69) is 9.71 Å². The first-order chi connectivity index (χ1) is 9.78. The predicted octanol–water partition coefficient (Wildman–Crippen LogP) is 1.20. The predicted molar refractivity (Wildman–Crippen MR) is 77.8 cm³/mol. The number of sulfonamides is 1. The monoisotopic (exact) mass is 345 g/mol. The summed E-state index contributed by atoms with van der Waals surface area (Å²) in [5, 5.41) is 11.1. The van der Waals surface area contributed by atoms with Crippen LogP contribution in [0.4, 0.5) is 5.13 Å². The van der Waals surface area contributed by atoms with Gasteiger partial charge in [-0.1, -0.05) is 11.6 Å². The van der Waals surface area contributed by atoms with Crippen molar-refractivity contribution in [2.24, 2.45) is 0 Å². The van der Waals surface area contributed by atoms with Crippen molar-refractivity contribution >= 4 is 44.1 Å². The van der Waals surface area contributed by atoms with E-state index in [1.54, 1.807) is 6.92 Å². The summed E-state index contributed by atoms with van der Waals surface area (Å²) in [5.74, 6) is -1.24. The SMILES string of the molecule is Cc1nc(NS(=O)(=O)c2ccc(Cl)cc2)sc1CC(=O)[O-]. The Morgan fingerprint density at radius 1 is 1.38 bits per heavy atom. The molecule has 0 radical (unpaired) electrons. The molecule has 112 valence electrons. The van der Waals surface area contributed by atoms with E-state index in [1.165, 1.54) is 24.3 Å². The van der Waals surface area contributed by atoms with Crippen LogP contribution in [0.15, 0.2) is 29.2 Å². The number of thiazole rings is 1. The number of halogens is 1. The molecule has 0 atom stereocenters. The lowest BCUT2D eigenvalue weighted by Gasteiger charge is -2.04. The van der Waals surface area contributed by atoms with Gasteiger partial charge in [-0.25, -0.2) is 13.4 Å². The van der Waals surface area contributed by atoms with Gasteiger partial charge in [0.05, 0.1) is 10.6 Å². The lowest BCUT2D eigenvalue weighted by Crippen LogP contribution is -2.24. The lowest BCUT2D eigenvalue weighted by molar-refractivity contribution is -0.304. The van der Waals surface area contributed by atoms with Crippen molar-refractivity contribution in [2.45, 2.75) is 18.2 Å². The minimum Gasteiger partial charge on any atom is -0.550 e. The Hall–Kier alpha value is -1.64. The van der Waals surface area contributed by atoms with Gasteiger partial charge in [-0.15, -0.1) is 11.3 Å². The summed E-state index contributed by atoms with van der Waals surface area (Å²) >= 11 is 6.67. The summed E-state index contributed by atoms with van der Waals surface area (Å²) < 4.78 is 26.6. The van der Waals surface area contributed by atoms with Crippen molar-refractivity contribution in [2.75, 3.05) is 4.72 Å². The first-order valence-corrected chi connectivity index (χ1v) is 8.40. The largest absolute Gasteiger partial charge is 0.550 e. The van der Waals surface area contributed by atoms with Crippen LogP contribution in [0.1, 0.15) is 10.6 Å². The van der Waals surface area contributed by atoms with Crippen molar-refractivity contribution in [3.8, 4) is 0 Å². The number of carbonyl (C=O) groups excluding carboxylic acids is 1. The van der Waals surface area contributed by atoms with Crippen molar-refractivity contribution < 1.29 is 18.3 Å². The van der Waals surface area contributed by atoms with Gasteiger partial charge >= 0.3 is 0 Å². The zero-order chi connectivity index (χ0) is 15.6. The van der Waals surface area contributed by atoms with Gasteiger partial charge in [-0.2, -0.15) is 0 Å². The van der Waals surface area contributed by atoms with Gasteiger partial charge in [0.1, 0.15) is 0 Å². The van der Waals surface area contributed by atoms with Crippen LogP contribution in [0.5, 0.6) is 0 Å². The van der Waals surface area contributed by atoms with Crippen LogP contribution in [0, 0.1) is 6.92 Å². The fourth-order valence-corrected chi connectivity index (χ4v) is 3.86. The molecule has 1 aromatic heterocycles. The van der Waals surface area contributed by atoms with E-state index in [1.807, 2.05) is 0 Å². The molecular formula is C12H10ClN2O4S2-. The second kappa shape index (κ2) is 6.00. The molecule has 9 heteroatoms. The van der Waals surface area contributed by atoms with E-state index in [0.717, 1.165) is 11.3 Å². The molecule has 0 amide bonds. The van der Waals surface area contributed by atoms with E-state index in [0.29, 0.717) is 15.6 Å². The molecule has 6 nitrogen and oxygen atoms in total. The molecule has 0 aliphatic rings. The molecule has 1 aromatic carbocycles. The second-order valence-electron chi connectivity index (χ2n) is 4.14. The first kappa shape index (κ1) is 15.7. The molecule has 1 heterocycles. The third-order valence-electron chi connectivity index (χ3n) is 2.54. The van der Waals surface area contributed by atoms with Gasteiger partial charge in [0.25, 0.3) is 10.0 Å². The molecule has 2 rings (SSSR count). The number of hydrogen-bond acceptors (Lipinski definition) is 6. The molecule has 0 aliphatic heterocycles. The average molecular weight is 346 g/mol.